The van der Waals surface area contributed by atoms with E-state index in [4.69, 9.17) is 0 Å². The van der Waals surface area contributed by atoms with Crippen LogP contribution in [0, 0.1) is 0 Å². The van der Waals surface area contributed by atoms with Gasteiger partial charge in [-0.1, -0.05) is 32.0 Å². The number of pyridine rings is 1. The number of nitrogens with zero attached hydrogens (tertiary/aromatic N) is 2. The molecule has 0 atom stereocenters. The van der Waals surface area contributed by atoms with Crippen molar-refractivity contribution in [3.05, 3.63) is 36.5 Å². The van der Waals surface area contributed by atoms with Crippen LogP contribution in [0.1, 0.15) is 26.7 Å². The maximum atomic E-state index is 12.8. The molecule has 0 bridgehead atoms. The van der Waals surface area contributed by atoms with Gasteiger partial charge in [0.2, 0.25) is 10.0 Å². The molecule has 0 aliphatic rings. The lowest BCUT2D eigenvalue weighted by Gasteiger charge is -2.21. The Kier molecular flexibility index (Phi) is 4.73. The third kappa shape index (κ3) is 2.83. The van der Waals surface area contributed by atoms with Gasteiger partial charge in [-0.2, -0.15) is 4.31 Å². The van der Waals surface area contributed by atoms with E-state index in [9.17, 15) is 8.42 Å². The Labute approximate surface area is 120 Å². The van der Waals surface area contributed by atoms with Gasteiger partial charge in [0, 0.05) is 24.7 Å². The second kappa shape index (κ2) is 6.33. The van der Waals surface area contributed by atoms with Gasteiger partial charge < -0.3 is 0 Å². The molecule has 0 saturated heterocycles. The van der Waals surface area contributed by atoms with Crippen molar-refractivity contribution in [2.45, 2.75) is 31.6 Å². The molecule has 0 fully saturated rings. The van der Waals surface area contributed by atoms with E-state index in [2.05, 4.69) is 4.98 Å². The lowest BCUT2D eigenvalue weighted by Crippen LogP contribution is -2.32. The molecule has 0 N–H and O–H groups in total. The quantitative estimate of drug-likeness (QED) is 0.822. The highest BCUT2D eigenvalue weighted by atomic mass is 32.2. The van der Waals surface area contributed by atoms with Crippen LogP contribution in [0.4, 0.5) is 0 Å². The van der Waals surface area contributed by atoms with Crippen LogP contribution in [0.5, 0.6) is 0 Å². The largest absolute Gasteiger partial charge is 0.255 e. The fraction of sp³-hybridized carbons (Fsp3) is 0.400. The molecule has 4 nitrogen and oxygen atoms in total. The van der Waals surface area contributed by atoms with Gasteiger partial charge >= 0.3 is 0 Å². The molecule has 20 heavy (non-hydrogen) atoms. The second-order valence-electron chi connectivity index (χ2n) is 4.74. The molecule has 0 unspecified atom stereocenters. The molecule has 108 valence electrons. The SMILES string of the molecule is CCCN(CCC)S(=O)(=O)c1cccc2cccnc12. The number of rotatable bonds is 6. The Hall–Kier alpha value is -1.46. The number of hydrogen-bond acceptors (Lipinski definition) is 3. The summed E-state index contributed by atoms with van der Waals surface area (Å²) < 4.78 is 27.2. The van der Waals surface area contributed by atoms with Crippen LogP contribution in [0.15, 0.2) is 41.4 Å². The molecule has 0 aliphatic heterocycles. The molecule has 0 aliphatic carbocycles. The Balaban J connectivity index is 2.56. The fourth-order valence-corrected chi connectivity index (χ4v) is 4.06. The zero-order valence-corrected chi connectivity index (χ0v) is 12.7. The highest BCUT2D eigenvalue weighted by Crippen LogP contribution is 2.24. The normalized spacial score (nSPS) is 12.2. The first kappa shape index (κ1) is 14.9. The van der Waals surface area contributed by atoms with Crippen molar-refractivity contribution in [1.29, 1.82) is 0 Å². The summed E-state index contributed by atoms with van der Waals surface area (Å²) in [5.74, 6) is 0. The van der Waals surface area contributed by atoms with E-state index in [1.807, 2.05) is 32.0 Å². The van der Waals surface area contributed by atoms with Crippen molar-refractivity contribution in [2.75, 3.05) is 13.1 Å². The van der Waals surface area contributed by atoms with E-state index >= 15 is 0 Å². The third-order valence-corrected chi connectivity index (χ3v) is 5.09. The van der Waals surface area contributed by atoms with Crippen molar-refractivity contribution in [1.82, 2.24) is 9.29 Å². The number of para-hydroxylation sites is 1. The zero-order valence-electron chi connectivity index (χ0n) is 11.9. The molecule has 2 aromatic rings. The molecule has 1 aromatic carbocycles. The van der Waals surface area contributed by atoms with Crippen LogP contribution in [0.3, 0.4) is 0 Å². The average molecular weight is 292 g/mol. The van der Waals surface area contributed by atoms with Crippen molar-refractivity contribution in [3.63, 3.8) is 0 Å². The van der Waals surface area contributed by atoms with Gasteiger partial charge in [-0.05, 0) is 25.0 Å². The van der Waals surface area contributed by atoms with Crippen LogP contribution in [0.25, 0.3) is 10.9 Å². The van der Waals surface area contributed by atoms with Gasteiger partial charge in [0.05, 0.1) is 5.52 Å². The first-order valence-electron chi connectivity index (χ1n) is 6.95. The molecule has 0 radical (unpaired) electrons. The van der Waals surface area contributed by atoms with Crippen LogP contribution < -0.4 is 0 Å². The summed E-state index contributed by atoms with van der Waals surface area (Å²) in [7, 11) is -3.48. The summed E-state index contributed by atoms with van der Waals surface area (Å²) in [5, 5.41) is 0.849. The molecule has 1 aromatic heterocycles. The predicted octanol–water partition coefficient (Wildman–Crippen LogP) is 3.05. The highest BCUT2D eigenvalue weighted by Gasteiger charge is 2.25. The molecule has 0 saturated carbocycles. The lowest BCUT2D eigenvalue weighted by molar-refractivity contribution is 0.410. The molecule has 1 heterocycles. The second-order valence-corrected chi connectivity index (χ2v) is 6.64. The van der Waals surface area contributed by atoms with Crippen molar-refractivity contribution < 1.29 is 8.42 Å². The molecule has 5 heteroatoms. The Morgan fingerprint density at radius 2 is 1.70 bits per heavy atom. The summed E-state index contributed by atoms with van der Waals surface area (Å²) in [6.45, 7) is 5.05. The predicted molar refractivity (Wildman–Crippen MR) is 81.1 cm³/mol. The van der Waals surface area contributed by atoms with Gasteiger partial charge in [0.1, 0.15) is 4.90 Å². The Morgan fingerprint density at radius 3 is 2.35 bits per heavy atom. The first-order valence-corrected chi connectivity index (χ1v) is 8.39. The number of aromatic nitrogens is 1. The van der Waals surface area contributed by atoms with Gasteiger partial charge in [0.25, 0.3) is 0 Å². The molecule has 2 rings (SSSR count). The number of hydrogen-bond donors (Lipinski definition) is 0. The maximum Gasteiger partial charge on any atom is 0.245 e. The minimum absolute atomic E-state index is 0.303. The van der Waals surface area contributed by atoms with Gasteiger partial charge in [-0.15, -0.1) is 0 Å². The van der Waals surface area contributed by atoms with Crippen molar-refractivity contribution in [2.24, 2.45) is 0 Å². The van der Waals surface area contributed by atoms with Crippen molar-refractivity contribution >= 4 is 20.9 Å². The first-order chi connectivity index (χ1) is 9.61. The third-order valence-electron chi connectivity index (χ3n) is 3.16. The van der Waals surface area contributed by atoms with Crippen LogP contribution in [0.2, 0.25) is 0 Å². The summed E-state index contributed by atoms with van der Waals surface area (Å²) in [5.41, 5.74) is 0.548. The number of benzene rings is 1. The van der Waals surface area contributed by atoms with E-state index in [-0.39, 0.29) is 0 Å². The highest BCUT2D eigenvalue weighted by molar-refractivity contribution is 7.89. The number of fused-ring (bicyclic) bond motifs is 1. The minimum Gasteiger partial charge on any atom is -0.255 e. The van der Waals surface area contributed by atoms with Crippen LogP contribution in [-0.4, -0.2) is 30.8 Å². The summed E-state index contributed by atoms with van der Waals surface area (Å²) >= 11 is 0. The van der Waals surface area contributed by atoms with Crippen molar-refractivity contribution in [3.8, 4) is 0 Å². The van der Waals surface area contributed by atoms with Crippen LogP contribution >= 0.6 is 0 Å². The zero-order chi connectivity index (χ0) is 14.6. The topological polar surface area (TPSA) is 50.3 Å². The summed E-state index contributed by atoms with van der Waals surface area (Å²) in [6, 6.07) is 8.99. The van der Waals surface area contributed by atoms with E-state index in [0.717, 1.165) is 18.2 Å². The monoisotopic (exact) mass is 292 g/mol. The van der Waals surface area contributed by atoms with E-state index < -0.39 is 10.0 Å². The van der Waals surface area contributed by atoms with Gasteiger partial charge in [-0.25, -0.2) is 8.42 Å². The van der Waals surface area contributed by atoms with E-state index in [1.165, 1.54) is 0 Å². The van der Waals surface area contributed by atoms with Gasteiger partial charge in [0.15, 0.2) is 0 Å². The van der Waals surface area contributed by atoms with E-state index in [1.54, 1.807) is 22.6 Å². The molecule has 0 spiro atoms. The summed E-state index contributed by atoms with van der Waals surface area (Å²) in [6.07, 6.45) is 3.24. The Morgan fingerprint density at radius 1 is 1.05 bits per heavy atom. The van der Waals surface area contributed by atoms with Gasteiger partial charge in [-0.3, -0.25) is 4.98 Å². The minimum atomic E-state index is -3.48. The average Bonchev–Trinajstić information content (AvgIpc) is 2.46. The van der Waals surface area contributed by atoms with E-state index in [0.29, 0.717) is 23.5 Å². The smallest absolute Gasteiger partial charge is 0.245 e. The lowest BCUT2D eigenvalue weighted by atomic mass is 10.2. The standard InChI is InChI=1S/C15H20N2O2S/c1-3-11-17(12-4-2)20(18,19)14-9-5-7-13-8-6-10-16-15(13)14/h5-10H,3-4,11-12H2,1-2H3. The molecule has 0 amide bonds. The fourth-order valence-electron chi connectivity index (χ4n) is 2.27. The van der Waals surface area contributed by atoms with Crippen LogP contribution in [-0.2, 0) is 10.0 Å². The number of sulfonamides is 1. The maximum absolute atomic E-state index is 12.8. The summed E-state index contributed by atoms with van der Waals surface area (Å²) in [4.78, 5) is 4.55. The molecular weight excluding hydrogens is 272 g/mol. The molecular formula is C15H20N2O2S. The Bertz CT molecular complexity index is 672.